The minimum Gasteiger partial charge on any atom is -0.384 e. The zero-order valence-corrected chi connectivity index (χ0v) is 12.4. The Balaban J connectivity index is 1.91. The molecule has 1 aliphatic rings. The number of nitrogens with two attached hydrogens (primary N) is 1. The Labute approximate surface area is 124 Å². The van der Waals surface area contributed by atoms with Crippen LogP contribution in [0.15, 0.2) is 18.2 Å². The molecule has 0 saturated heterocycles. The monoisotopic (exact) mass is 286 g/mol. The van der Waals surface area contributed by atoms with Crippen molar-refractivity contribution in [3.63, 3.8) is 0 Å². The Morgan fingerprint density at radius 2 is 2.24 bits per heavy atom. The van der Waals surface area contributed by atoms with E-state index in [0.717, 1.165) is 23.6 Å². The lowest BCUT2D eigenvalue weighted by molar-refractivity contribution is 0.200. The highest BCUT2D eigenvalue weighted by molar-refractivity contribution is 5.62. The number of methoxy groups -OCH3 is 1. The van der Waals surface area contributed by atoms with Crippen LogP contribution in [0.5, 0.6) is 0 Å². The van der Waals surface area contributed by atoms with Gasteiger partial charge >= 0.3 is 0 Å². The highest BCUT2D eigenvalue weighted by Gasteiger charge is 2.24. The predicted octanol–water partition coefficient (Wildman–Crippen LogP) is 2.39. The maximum Gasteiger partial charge on any atom is 0.181 e. The van der Waals surface area contributed by atoms with Gasteiger partial charge in [0.1, 0.15) is 5.82 Å². The molecule has 1 aromatic carbocycles. The van der Waals surface area contributed by atoms with E-state index in [1.807, 2.05) is 0 Å². The van der Waals surface area contributed by atoms with Gasteiger partial charge in [0.05, 0.1) is 6.61 Å². The summed E-state index contributed by atoms with van der Waals surface area (Å²) >= 11 is 0. The molecule has 1 aliphatic carbocycles. The van der Waals surface area contributed by atoms with Gasteiger partial charge in [0.25, 0.3) is 0 Å². The first kappa shape index (κ1) is 14.2. The Hall–Kier alpha value is -1.72. The maximum absolute atomic E-state index is 5.77. The molecule has 1 aromatic heterocycles. The number of hydrogen-bond acceptors (Lipinski definition) is 4. The van der Waals surface area contributed by atoms with Crippen molar-refractivity contribution in [3.05, 3.63) is 35.2 Å². The lowest BCUT2D eigenvalue weighted by Crippen LogP contribution is -2.11. The lowest BCUT2D eigenvalue weighted by atomic mass is 9.77. The molecule has 5 heteroatoms. The summed E-state index contributed by atoms with van der Waals surface area (Å²) in [5, 5.41) is 7.38. The van der Waals surface area contributed by atoms with Gasteiger partial charge in [-0.15, -0.1) is 0 Å². The van der Waals surface area contributed by atoms with Gasteiger partial charge in [0.15, 0.2) is 5.82 Å². The van der Waals surface area contributed by atoms with Crippen LogP contribution in [0.25, 0.3) is 11.4 Å². The molecule has 1 heterocycles. The molecule has 0 aliphatic heterocycles. The van der Waals surface area contributed by atoms with Gasteiger partial charge in [0, 0.05) is 25.6 Å². The average Bonchev–Trinajstić information content (AvgIpc) is 2.92. The van der Waals surface area contributed by atoms with Crippen LogP contribution in [-0.2, 0) is 17.7 Å². The van der Waals surface area contributed by atoms with Crippen LogP contribution >= 0.6 is 0 Å². The smallest absolute Gasteiger partial charge is 0.181 e. The number of benzene rings is 1. The molecule has 0 spiro atoms. The quantitative estimate of drug-likeness (QED) is 0.854. The fourth-order valence-electron chi connectivity index (χ4n) is 2.73. The van der Waals surface area contributed by atoms with E-state index in [4.69, 9.17) is 10.5 Å². The van der Waals surface area contributed by atoms with E-state index >= 15 is 0 Å². The summed E-state index contributed by atoms with van der Waals surface area (Å²) in [5.74, 6) is 2.29. The number of nitrogens with one attached hydrogen (secondary N) is 1. The van der Waals surface area contributed by atoms with Crippen LogP contribution in [-0.4, -0.2) is 28.9 Å². The van der Waals surface area contributed by atoms with E-state index in [0.29, 0.717) is 19.1 Å². The summed E-state index contributed by atoms with van der Waals surface area (Å²) < 4.78 is 5.08. The molecule has 0 radical (unpaired) electrons. The fraction of sp³-hybridized carbons (Fsp3) is 0.500. The third-order valence-electron chi connectivity index (χ3n) is 4.21. The van der Waals surface area contributed by atoms with Crippen LogP contribution in [0, 0.1) is 0 Å². The highest BCUT2D eigenvalue weighted by Crippen LogP contribution is 2.40. The van der Waals surface area contributed by atoms with Crippen LogP contribution in [0.1, 0.15) is 42.1 Å². The van der Waals surface area contributed by atoms with Gasteiger partial charge in [-0.3, -0.25) is 5.10 Å². The van der Waals surface area contributed by atoms with Gasteiger partial charge in [-0.2, -0.15) is 5.10 Å². The van der Waals surface area contributed by atoms with Crippen LogP contribution in [0.4, 0.5) is 0 Å². The molecule has 0 amide bonds. The second-order valence-electron chi connectivity index (χ2n) is 5.60. The van der Waals surface area contributed by atoms with Crippen molar-refractivity contribution in [1.82, 2.24) is 15.2 Å². The van der Waals surface area contributed by atoms with E-state index in [1.165, 1.54) is 30.4 Å². The molecule has 2 aromatic rings. The normalized spacial score (nSPS) is 15.1. The molecule has 1 saturated carbocycles. The van der Waals surface area contributed by atoms with Crippen molar-refractivity contribution in [2.75, 3.05) is 13.7 Å². The largest absolute Gasteiger partial charge is 0.384 e. The van der Waals surface area contributed by atoms with Gasteiger partial charge in [-0.1, -0.05) is 24.6 Å². The van der Waals surface area contributed by atoms with Crippen LogP contribution in [0.3, 0.4) is 0 Å². The number of hydrogen-bond donors (Lipinski definition) is 2. The van der Waals surface area contributed by atoms with Crippen molar-refractivity contribution < 1.29 is 4.74 Å². The third kappa shape index (κ3) is 2.99. The van der Waals surface area contributed by atoms with Gasteiger partial charge in [-0.05, 0) is 29.9 Å². The van der Waals surface area contributed by atoms with Gasteiger partial charge < -0.3 is 10.5 Å². The van der Waals surface area contributed by atoms with Crippen molar-refractivity contribution in [2.24, 2.45) is 5.73 Å². The fourth-order valence-corrected chi connectivity index (χ4v) is 2.73. The molecule has 3 rings (SSSR count). The topological polar surface area (TPSA) is 76.8 Å². The number of aromatic nitrogens is 3. The minimum absolute atomic E-state index is 0.576. The van der Waals surface area contributed by atoms with Gasteiger partial charge in [-0.25, -0.2) is 4.98 Å². The van der Waals surface area contributed by atoms with E-state index in [2.05, 4.69) is 33.4 Å². The molecule has 5 nitrogen and oxygen atoms in total. The Morgan fingerprint density at radius 3 is 2.90 bits per heavy atom. The maximum atomic E-state index is 5.77. The van der Waals surface area contributed by atoms with E-state index < -0.39 is 0 Å². The molecule has 0 atom stereocenters. The summed E-state index contributed by atoms with van der Waals surface area (Å²) in [7, 11) is 1.69. The second-order valence-corrected chi connectivity index (χ2v) is 5.60. The summed E-state index contributed by atoms with van der Waals surface area (Å²) in [6, 6.07) is 6.41. The van der Waals surface area contributed by atoms with Crippen LogP contribution in [0.2, 0.25) is 0 Å². The number of ether oxygens (including phenoxy) is 1. The van der Waals surface area contributed by atoms with Crippen molar-refractivity contribution in [2.45, 2.75) is 38.1 Å². The molecular formula is C16H22N4O. The SMILES string of the molecule is COCCc1nc(-c2ccc(CN)cc2C2CCC2)n[nH]1. The Kier molecular flexibility index (Phi) is 4.31. The predicted molar refractivity (Wildman–Crippen MR) is 81.9 cm³/mol. The van der Waals surface area contributed by atoms with E-state index in [-0.39, 0.29) is 0 Å². The number of rotatable bonds is 6. The Morgan fingerprint density at radius 1 is 1.38 bits per heavy atom. The highest BCUT2D eigenvalue weighted by atomic mass is 16.5. The standard InChI is InChI=1S/C16H22N4O/c1-21-8-7-15-18-16(20-19-15)13-6-5-11(10-17)9-14(13)12-3-2-4-12/h5-6,9,12H,2-4,7-8,10,17H2,1H3,(H,18,19,20). The Bertz CT molecular complexity index is 604. The van der Waals surface area contributed by atoms with Crippen molar-refractivity contribution in [1.29, 1.82) is 0 Å². The number of nitrogens with zero attached hydrogens (tertiary/aromatic N) is 2. The summed E-state index contributed by atoms with van der Waals surface area (Å²) in [4.78, 5) is 4.60. The van der Waals surface area contributed by atoms with Crippen molar-refractivity contribution >= 4 is 0 Å². The first-order chi connectivity index (χ1) is 10.3. The second kappa shape index (κ2) is 6.37. The first-order valence-electron chi connectivity index (χ1n) is 7.55. The first-order valence-corrected chi connectivity index (χ1v) is 7.55. The van der Waals surface area contributed by atoms with E-state index in [9.17, 15) is 0 Å². The summed E-state index contributed by atoms with van der Waals surface area (Å²) in [6.45, 7) is 1.23. The summed E-state index contributed by atoms with van der Waals surface area (Å²) in [6.07, 6.45) is 4.57. The molecule has 0 bridgehead atoms. The van der Waals surface area contributed by atoms with Crippen LogP contribution < -0.4 is 5.73 Å². The molecule has 21 heavy (non-hydrogen) atoms. The molecule has 3 N–H and O–H groups in total. The average molecular weight is 286 g/mol. The minimum atomic E-state index is 0.576. The van der Waals surface area contributed by atoms with Crippen molar-refractivity contribution in [3.8, 4) is 11.4 Å². The van der Waals surface area contributed by atoms with E-state index in [1.54, 1.807) is 7.11 Å². The number of aromatic amines is 1. The third-order valence-corrected chi connectivity index (χ3v) is 4.21. The van der Waals surface area contributed by atoms with Gasteiger partial charge in [0.2, 0.25) is 0 Å². The lowest BCUT2D eigenvalue weighted by Gasteiger charge is -2.27. The molecular weight excluding hydrogens is 264 g/mol. The molecule has 112 valence electrons. The zero-order chi connectivity index (χ0) is 14.7. The summed E-state index contributed by atoms with van der Waals surface area (Å²) in [5.41, 5.74) is 9.44. The zero-order valence-electron chi connectivity index (χ0n) is 12.4. The number of H-pyrrole nitrogens is 1. The molecule has 1 fully saturated rings. The molecule has 0 unspecified atom stereocenters.